The van der Waals surface area contributed by atoms with E-state index in [1.54, 1.807) is 0 Å². The van der Waals surface area contributed by atoms with Crippen molar-refractivity contribution >= 4 is 17.9 Å². The summed E-state index contributed by atoms with van der Waals surface area (Å²) < 4.78 is 16.7. The molecule has 0 aromatic rings. The molecule has 0 aliphatic rings. The highest BCUT2D eigenvalue weighted by atomic mass is 16.6. The predicted molar refractivity (Wildman–Crippen MR) is 265 cm³/mol. The average molecular weight is 857 g/mol. The largest absolute Gasteiger partial charge is 0.462 e. The number of ether oxygens (including phenoxy) is 3. The lowest BCUT2D eigenvalue weighted by molar-refractivity contribution is -0.166. The Kier molecular flexibility index (Phi) is 46.1. The normalized spacial score (nSPS) is 13.1. The molecule has 6 nitrogen and oxygen atoms in total. The first-order chi connectivity index (χ1) is 30.5. The Bertz CT molecular complexity index is 1350. The van der Waals surface area contributed by atoms with Gasteiger partial charge in [-0.3, -0.25) is 14.4 Å². The zero-order valence-electron chi connectivity index (χ0n) is 39.6. The summed E-state index contributed by atoms with van der Waals surface area (Å²) >= 11 is 0. The lowest BCUT2D eigenvalue weighted by Crippen LogP contribution is -2.30. The highest BCUT2D eigenvalue weighted by molar-refractivity contribution is 5.71. The van der Waals surface area contributed by atoms with Gasteiger partial charge in [-0.25, -0.2) is 0 Å². The van der Waals surface area contributed by atoms with Crippen LogP contribution < -0.4 is 0 Å². The minimum atomic E-state index is -0.825. The van der Waals surface area contributed by atoms with Gasteiger partial charge in [0.1, 0.15) is 13.2 Å². The quantitative estimate of drug-likeness (QED) is 0.0200. The molecule has 348 valence electrons. The molecule has 6 heteroatoms. The second-order valence-electron chi connectivity index (χ2n) is 15.7. The molecule has 0 rings (SSSR count). The maximum Gasteiger partial charge on any atom is 0.306 e. The van der Waals surface area contributed by atoms with Gasteiger partial charge in [-0.15, -0.1) is 0 Å². The number of carbonyl (C=O) groups excluding carboxylic acids is 3. The summed E-state index contributed by atoms with van der Waals surface area (Å²) in [5.41, 5.74) is 0. The first kappa shape index (κ1) is 57.8. The second-order valence-corrected chi connectivity index (χ2v) is 15.7. The van der Waals surface area contributed by atoms with Crippen molar-refractivity contribution in [3.8, 4) is 0 Å². The maximum absolute atomic E-state index is 12.8. The number of hydrogen-bond donors (Lipinski definition) is 0. The van der Waals surface area contributed by atoms with Crippen LogP contribution in [0.15, 0.2) is 122 Å². The van der Waals surface area contributed by atoms with Gasteiger partial charge in [0.25, 0.3) is 0 Å². The summed E-state index contributed by atoms with van der Waals surface area (Å²) in [4.78, 5) is 37.9. The first-order valence-electron chi connectivity index (χ1n) is 24.6. The van der Waals surface area contributed by atoms with Gasteiger partial charge in [-0.05, 0) is 96.3 Å². The molecule has 0 fully saturated rings. The summed E-state index contributed by atoms with van der Waals surface area (Å²) in [5.74, 6) is -1.05. The molecule has 0 spiro atoms. The number of hydrogen-bond acceptors (Lipinski definition) is 6. The van der Waals surface area contributed by atoms with Crippen LogP contribution in [0.1, 0.15) is 194 Å². The Morgan fingerprint density at radius 2 is 0.742 bits per heavy atom. The number of unbranched alkanes of at least 4 members (excludes halogenated alkanes) is 14. The monoisotopic (exact) mass is 857 g/mol. The molecule has 0 bridgehead atoms. The maximum atomic E-state index is 12.8. The van der Waals surface area contributed by atoms with Crippen LogP contribution in [0.4, 0.5) is 0 Å². The average Bonchev–Trinajstić information content (AvgIpc) is 3.27. The van der Waals surface area contributed by atoms with E-state index in [0.29, 0.717) is 19.3 Å². The Morgan fingerprint density at radius 3 is 1.24 bits per heavy atom. The zero-order chi connectivity index (χ0) is 45.1. The van der Waals surface area contributed by atoms with Crippen LogP contribution >= 0.6 is 0 Å². The number of esters is 3. The third kappa shape index (κ3) is 46.9. The van der Waals surface area contributed by atoms with Crippen LogP contribution in [0.5, 0.6) is 0 Å². The molecule has 0 aromatic carbocycles. The van der Waals surface area contributed by atoms with E-state index >= 15 is 0 Å². The van der Waals surface area contributed by atoms with Crippen molar-refractivity contribution in [1.29, 1.82) is 0 Å². The Labute approximate surface area is 380 Å². The van der Waals surface area contributed by atoms with E-state index in [9.17, 15) is 14.4 Å². The first-order valence-corrected chi connectivity index (χ1v) is 24.6. The third-order valence-corrected chi connectivity index (χ3v) is 9.78. The fourth-order valence-corrected chi connectivity index (χ4v) is 6.13. The Morgan fingerprint density at radius 1 is 0.355 bits per heavy atom. The van der Waals surface area contributed by atoms with E-state index < -0.39 is 6.10 Å². The summed E-state index contributed by atoms with van der Waals surface area (Å²) in [7, 11) is 0. The summed E-state index contributed by atoms with van der Waals surface area (Å²) in [6.45, 7) is 6.24. The van der Waals surface area contributed by atoms with Crippen molar-refractivity contribution in [3.63, 3.8) is 0 Å². The lowest BCUT2D eigenvalue weighted by Gasteiger charge is -2.18. The van der Waals surface area contributed by atoms with E-state index in [2.05, 4.69) is 124 Å². The van der Waals surface area contributed by atoms with Crippen LogP contribution in [-0.2, 0) is 28.6 Å². The smallest absolute Gasteiger partial charge is 0.306 e. The number of rotatable bonds is 42. The van der Waals surface area contributed by atoms with Crippen LogP contribution in [0.25, 0.3) is 0 Å². The van der Waals surface area contributed by atoms with Gasteiger partial charge >= 0.3 is 17.9 Å². The standard InChI is InChI=1S/C56H88O6/c1-4-7-10-13-16-19-22-25-27-29-31-34-37-40-43-46-49-55(58)61-52-53(51-60-54(57)48-45-42-39-36-33-30-24-21-18-15-12-9-6-3)62-56(59)50-47-44-41-38-35-32-28-26-23-20-17-14-11-8-5-2/h7,9-10,12,15-21,23-27,31,34,40,43,53H,4-6,8,11,13-14,22,28-30,32-33,35-39,41-42,44-52H2,1-3H3/b10-7-,12-9-,18-15-,19-16-,20-17-,24-21-,26-23-,27-25-,34-31-,43-40-. The highest BCUT2D eigenvalue weighted by Crippen LogP contribution is 2.12. The number of carbonyl (C=O) groups is 3. The van der Waals surface area contributed by atoms with Crippen LogP contribution in [0.3, 0.4) is 0 Å². The molecule has 1 unspecified atom stereocenters. The Hall–Kier alpha value is -4.19. The van der Waals surface area contributed by atoms with Crippen molar-refractivity contribution in [3.05, 3.63) is 122 Å². The molecule has 0 radical (unpaired) electrons. The van der Waals surface area contributed by atoms with Crippen molar-refractivity contribution in [2.75, 3.05) is 13.2 Å². The molecule has 1 atom stereocenters. The summed E-state index contributed by atoms with van der Waals surface area (Å²) in [6, 6.07) is 0. The van der Waals surface area contributed by atoms with E-state index in [1.165, 1.54) is 32.1 Å². The molecular formula is C56H88O6. The van der Waals surface area contributed by atoms with Gasteiger partial charge in [-0.1, -0.05) is 200 Å². The fraction of sp³-hybridized carbons (Fsp3) is 0.589. The fourth-order valence-electron chi connectivity index (χ4n) is 6.13. The van der Waals surface area contributed by atoms with Gasteiger partial charge < -0.3 is 14.2 Å². The number of allylic oxidation sites excluding steroid dienone is 20. The SMILES string of the molecule is CC\C=C/C=C\C=C/CCCCCCCC(=O)OCC(COC(=O)CC/C=C\C/C=C\C/C=C\C/C=C\C/C=C\CC)OC(=O)CCCCCCCC/C=C\C=C/CCCCC. The molecule has 0 saturated carbocycles. The van der Waals surface area contributed by atoms with Crippen LogP contribution in [0.2, 0.25) is 0 Å². The van der Waals surface area contributed by atoms with E-state index in [4.69, 9.17) is 14.2 Å². The van der Waals surface area contributed by atoms with Gasteiger partial charge in [-0.2, -0.15) is 0 Å². The molecule has 0 amide bonds. The van der Waals surface area contributed by atoms with Crippen molar-refractivity contribution < 1.29 is 28.6 Å². The molecular weight excluding hydrogens is 769 g/mol. The van der Waals surface area contributed by atoms with E-state index in [-0.39, 0.29) is 37.5 Å². The zero-order valence-corrected chi connectivity index (χ0v) is 39.6. The van der Waals surface area contributed by atoms with Crippen LogP contribution in [-0.4, -0.2) is 37.2 Å². The third-order valence-electron chi connectivity index (χ3n) is 9.78. The summed E-state index contributed by atoms with van der Waals surface area (Å²) in [6.07, 6.45) is 67.6. The molecule has 0 saturated heterocycles. The molecule has 62 heavy (non-hydrogen) atoms. The minimum absolute atomic E-state index is 0.120. The molecule has 0 aromatic heterocycles. The van der Waals surface area contributed by atoms with Crippen LogP contribution in [0, 0.1) is 0 Å². The lowest BCUT2D eigenvalue weighted by atomic mass is 10.1. The van der Waals surface area contributed by atoms with Gasteiger partial charge in [0, 0.05) is 19.3 Å². The van der Waals surface area contributed by atoms with Gasteiger partial charge in [0.05, 0.1) is 0 Å². The van der Waals surface area contributed by atoms with Gasteiger partial charge in [0.15, 0.2) is 6.10 Å². The van der Waals surface area contributed by atoms with Crippen molar-refractivity contribution in [1.82, 2.24) is 0 Å². The molecule has 0 N–H and O–H groups in total. The Balaban J connectivity index is 4.57. The predicted octanol–water partition coefficient (Wildman–Crippen LogP) is 16.1. The molecule has 0 aliphatic carbocycles. The van der Waals surface area contributed by atoms with Crippen molar-refractivity contribution in [2.24, 2.45) is 0 Å². The topological polar surface area (TPSA) is 78.9 Å². The summed E-state index contributed by atoms with van der Waals surface area (Å²) in [5, 5.41) is 0. The highest BCUT2D eigenvalue weighted by Gasteiger charge is 2.19. The van der Waals surface area contributed by atoms with E-state index in [1.807, 2.05) is 18.2 Å². The van der Waals surface area contributed by atoms with E-state index in [0.717, 1.165) is 116 Å². The minimum Gasteiger partial charge on any atom is -0.462 e. The molecule has 0 aliphatic heterocycles. The second kappa shape index (κ2) is 49.5. The van der Waals surface area contributed by atoms with Gasteiger partial charge in [0.2, 0.25) is 0 Å². The van der Waals surface area contributed by atoms with Crippen molar-refractivity contribution in [2.45, 2.75) is 200 Å². The molecule has 0 heterocycles.